The summed E-state index contributed by atoms with van der Waals surface area (Å²) in [5, 5.41) is 5.12. The molecule has 3 aromatic carbocycles. The van der Waals surface area contributed by atoms with E-state index in [2.05, 4.69) is 11.1 Å². The van der Waals surface area contributed by atoms with Crippen LogP contribution in [0.25, 0.3) is 10.8 Å². The number of nitrogens with one attached hydrogen (secondary N) is 1. The molecule has 3 aromatic rings. The zero-order valence-electron chi connectivity index (χ0n) is 12.0. The summed E-state index contributed by atoms with van der Waals surface area (Å²) in [6.07, 6.45) is 0. The highest BCUT2D eigenvalue weighted by molar-refractivity contribution is 6.03. The van der Waals surface area contributed by atoms with Crippen LogP contribution in [-0.4, -0.2) is 5.91 Å². The normalized spacial score (nSPS) is 11.5. The first-order chi connectivity index (χ1) is 10.3. The van der Waals surface area contributed by atoms with E-state index in [1.807, 2.05) is 72.8 Å². The van der Waals surface area contributed by atoms with Crippen molar-refractivity contribution in [3.8, 4) is 0 Å². The van der Waals surface area contributed by atoms with Gasteiger partial charge in [-0.05, 0) is 11.5 Å². The maximum atomic E-state index is 12.4. The van der Waals surface area contributed by atoms with Crippen molar-refractivity contribution in [1.29, 1.82) is 0 Å². The van der Waals surface area contributed by atoms with E-state index in [1.54, 1.807) is 0 Å². The minimum atomic E-state index is -0.426. The molecule has 0 radical (unpaired) electrons. The molecule has 4 heteroatoms. The van der Waals surface area contributed by atoms with Crippen molar-refractivity contribution in [3.05, 3.63) is 78.4 Å². The maximum Gasteiger partial charge on any atom is 0.287 e. The molecule has 0 spiro atoms. The Morgan fingerprint density at radius 3 is 2.27 bits per heavy atom. The monoisotopic (exact) mass is 312 g/mol. The predicted molar refractivity (Wildman–Crippen MR) is 84.6 cm³/mol. The molecular weight excluding hydrogens is 296 g/mol. The van der Waals surface area contributed by atoms with Crippen LogP contribution < -0.4 is 23.5 Å². The second kappa shape index (κ2) is 7.07. The number of quaternary nitrogens is 1. The Morgan fingerprint density at radius 2 is 1.50 bits per heavy atom. The van der Waals surface area contributed by atoms with Crippen LogP contribution >= 0.6 is 0 Å². The van der Waals surface area contributed by atoms with Gasteiger partial charge in [-0.25, -0.2) is 0 Å². The van der Waals surface area contributed by atoms with Crippen molar-refractivity contribution in [2.75, 3.05) is 5.32 Å². The topological polar surface area (TPSA) is 56.7 Å². The summed E-state index contributed by atoms with van der Waals surface area (Å²) in [5.41, 5.74) is 5.71. The van der Waals surface area contributed by atoms with Gasteiger partial charge in [-0.3, -0.25) is 4.79 Å². The summed E-state index contributed by atoms with van der Waals surface area (Å²) >= 11 is 0. The Hall–Kier alpha value is -2.36. The number of amides is 1. The van der Waals surface area contributed by atoms with Gasteiger partial charge < -0.3 is 23.5 Å². The van der Waals surface area contributed by atoms with E-state index in [0.717, 1.165) is 22.0 Å². The van der Waals surface area contributed by atoms with Crippen molar-refractivity contribution >= 4 is 22.4 Å². The van der Waals surface area contributed by atoms with Crippen LogP contribution in [0.4, 0.5) is 5.69 Å². The van der Waals surface area contributed by atoms with E-state index < -0.39 is 6.04 Å². The predicted octanol–water partition coefficient (Wildman–Crippen LogP) is -0.234. The van der Waals surface area contributed by atoms with Gasteiger partial charge in [0.05, 0.1) is 0 Å². The van der Waals surface area contributed by atoms with Gasteiger partial charge in [0.25, 0.3) is 5.91 Å². The minimum absolute atomic E-state index is 0. The average molecular weight is 313 g/mol. The number of fused-ring (bicyclic) bond motifs is 1. The molecule has 0 aliphatic heterocycles. The Balaban J connectivity index is 0.00000176. The molecule has 3 rings (SSSR count). The van der Waals surface area contributed by atoms with Crippen LogP contribution in [0.3, 0.4) is 0 Å². The number of halogens is 1. The van der Waals surface area contributed by atoms with Crippen LogP contribution in [0.1, 0.15) is 11.6 Å². The number of rotatable bonds is 3. The molecule has 0 saturated carbocycles. The second-order valence-corrected chi connectivity index (χ2v) is 4.98. The lowest BCUT2D eigenvalue weighted by atomic mass is 10.1. The molecular formula is C18H17ClN2O. The first-order valence-corrected chi connectivity index (χ1v) is 6.92. The molecule has 0 heterocycles. The maximum absolute atomic E-state index is 12.4. The van der Waals surface area contributed by atoms with Crippen molar-refractivity contribution in [2.45, 2.75) is 6.04 Å². The molecule has 1 amide bonds. The summed E-state index contributed by atoms with van der Waals surface area (Å²) in [4.78, 5) is 12.4. The number of hydrogen-bond donors (Lipinski definition) is 2. The average Bonchev–Trinajstić information content (AvgIpc) is 2.55. The molecule has 112 valence electrons. The third kappa shape index (κ3) is 3.27. The number of anilines is 1. The Kier molecular flexibility index (Phi) is 5.15. The first kappa shape index (κ1) is 16.0. The highest BCUT2D eigenvalue weighted by atomic mass is 35.5. The molecule has 0 aromatic heterocycles. The van der Waals surface area contributed by atoms with Crippen molar-refractivity contribution in [1.82, 2.24) is 0 Å². The molecule has 0 fully saturated rings. The lowest BCUT2D eigenvalue weighted by molar-refractivity contribution is -0.408. The summed E-state index contributed by atoms with van der Waals surface area (Å²) in [7, 11) is 0. The van der Waals surface area contributed by atoms with E-state index in [1.165, 1.54) is 0 Å². The Labute approximate surface area is 135 Å². The molecule has 4 N–H and O–H groups in total. The summed E-state index contributed by atoms with van der Waals surface area (Å²) in [6.45, 7) is 0. The zero-order chi connectivity index (χ0) is 14.7. The lowest BCUT2D eigenvalue weighted by Crippen LogP contribution is -3.00. The fourth-order valence-electron chi connectivity index (χ4n) is 2.39. The van der Waals surface area contributed by atoms with E-state index in [9.17, 15) is 4.79 Å². The Bertz CT molecular complexity index is 769. The fraction of sp³-hybridized carbons (Fsp3) is 0.0556. The standard InChI is InChI=1S/C18H16N2O.ClH/c19-17(14-8-2-1-3-9-14)18(21)20-16-12-6-10-13-7-4-5-11-15(13)16;/h1-12,17H,19H2,(H,20,21);1H. The highest BCUT2D eigenvalue weighted by Crippen LogP contribution is 2.23. The smallest absolute Gasteiger partial charge is 0.287 e. The molecule has 0 bridgehead atoms. The lowest BCUT2D eigenvalue weighted by Gasteiger charge is -2.12. The third-order valence-electron chi connectivity index (χ3n) is 3.57. The molecule has 22 heavy (non-hydrogen) atoms. The van der Waals surface area contributed by atoms with Gasteiger partial charge in [-0.15, -0.1) is 0 Å². The van der Waals surface area contributed by atoms with Gasteiger partial charge >= 0.3 is 0 Å². The van der Waals surface area contributed by atoms with Crippen molar-refractivity contribution in [2.24, 2.45) is 0 Å². The van der Waals surface area contributed by atoms with E-state index in [-0.39, 0.29) is 18.3 Å². The molecule has 1 unspecified atom stereocenters. The van der Waals surface area contributed by atoms with Crippen LogP contribution in [0, 0.1) is 0 Å². The van der Waals surface area contributed by atoms with Crippen LogP contribution in [-0.2, 0) is 4.79 Å². The number of hydrogen-bond acceptors (Lipinski definition) is 1. The Morgan fingerprint density at radius 1 is 0.864 bits per heavy atom. The number of carbonyl (C=O) groups is 1. The van der Waals surface area contributed by atoms with Crippen LogP contribution in [0.2, 0.25) is 0 Å². The second-order valence-electron chi connectivity index (χ2n) is 4.98. The molecule has 3 nitrogen and oxygen atoms in total. The zero-order valence-corrected chi connectivity index (χ0v) is 12.8. The minimum Gasteiger partial charge on any atom is -1.00 e. The van der Waals surface area contributed by atoms with Gasteiger partial charge in [-0.1, -0.05) is 66.7 Å². The van der Waals surface area contributed by atoms with Crippen molar-refractivity contribution < 1.29 is 22.9 Å². The van der Waals surface area contributed by atoms with Gasteiger partial charge in [-0.2, -0.15) is 0 Å². The third-order valence-corrected chi connectivity index (χ3v) is 3.57. The fourth-order valence-corrected chi connectivity index (χ4v) is 2.39. The van der Waals surface area contributed by atoms with E-state index in [4.69, 9.17) is 0 Å². The number of benzene rings is 3. The SMILES string of the molecule is [Cl-].[NH3+]C(C(=O)Nc1cccc2ccccc12)c1ccccc1. The van der Waals surface area contributed by atoms with Crippen LogP contribution in [0.5, 0.6) is 0 Å². The van der Waals surface area contributed by atoms with Gasteiger partial charge in [0, 0.05) is 16.6 Å². The van der Waals surface area contributed by atoms with Crippen LogP contribution in [0.15, 0.2) is 72.8 Å². The molecule has 0 aliphatic carbocycles. The number of carbonyl (C=O) groups excluding carboxylic acids is 1. The summed E-state index contributed by atoms with van der Waals surface area (Å²) in [5.74, 6) is -0.0995. The molecule has 1 atom stereocenters. The van der Waals surface area contributed by atoms with E-state index >= 15 is 0 Å². The molecule has 0 aliphatic rings. The van der Waals surface area contributed by atoms with E-state index in [0.29, 0.717) is 0 Å². The first-order valence-electron chi connectivity index (χ1n) is 6.92. The largest absolute Gasteiger partial charge is 1.00 e. The van der Waals surface area contributed by atoms with Gasteiger partial charge in [0.15, 0.2) is 6.04 Å². The van der Waals surface area contributed by atoms with Crippen molar-refractivity contribution in [3.63, 3.8) is 0 Å². The summed E-state index contributed by atoms with van der Waals surface area (Å²) < 4.78 is 0. The molecule has 0 saturated heterocycles. The quantitative estimate of drug-likeness (QED) is 0.689. The highest BCUT2D eigenvalue weighted by Gasteiger charge is 2.19. The summed E-state index contributed by atoms with van der Waals surface area (Å²) in [6, 6.07) is 23.1. The van der Waals surface area contributed by atoms with Gasteiger partial charge in [0.1, 0.15) is 0 Å². The van der Waals surface area contributed by atoms with Gasteiger partial charge in [0.2, 0.25) is 0 Å².